The lowest BCUT2D eigenvalue weighted by molar-refractivity contribution is -0.148. The first-order valence-corrected chi connectivity index (χ1v) is 7.04. The number of fused-ring (bicyclic) bond motifs is 5. The molecule has 4 heteroatoms. The van der Waals surface area contributed by atoms with Crippen molar-refractivity contribution in [1.82, 2.24) is 4.90 Å². The van der Waals surface area contributed by atoms with E-state index in [1.807, 2.05) is 0 Å². The summed E-state index contributed by atoms with van der Waals surface area (Å²) in [6, 6.07) is 0. The van der Waals surface area contributed by atoms with E-state index in [0.717, 1.165) is 11.8 Å². The third-order valence-corrected chi connectivity index (χ3v) is 5.07. The number of amides is 1. The molecule has 0 radical (unpaired) electrons. The predicted octanol–water partition coefficient (Wildman–Crippen LogP) is 1.30. The molecule has 3 fully saturated rings. The highest BCUT2D eigenvalue weighted by molar-refractivity contribution is 5.86. The molecule has 4 atom stereocenters. The Balaban J connectivity index is 1.55. The Kier molecular flexibility index (Phi) is 2.83. The highest BCUT2D eigenvalue weighted by atomic mass is 16.5. The zero-order valence-corrected chi connectivity index (χ0v) is 11.1. The van der Waals surface area contributed by atoms with E-state index in [1.54, 1.807) is 18.9 Å². The third-order valence-electron chi connectivity index (χ3n) is 5.07. The average Bonchev–Trinajstić information content (AvgIpc) is 2.76. The topological polar surface area (TPSA) is 46.6 Å². The van der Waals surface area contributed by atoms with Crippen molar-refractivity contribution in [3.05, 3.63) is 0 Å². The van der Waals surface area contributed by atoms with Crippen LogP contribution in [0.15, 0.2) is 0 Å². The van der Waals surface area contributed by atoms with E-state index < -0.39 is 0 Å². The Labute approximate surface area is 108 Å². The Morgan fingerprint density at radius 2 is 1.83 bits per heavy atom. The normalized spacial score (nSPS) is 39.3. The predicted molar refractivity (Wildman–Crippen MR) is 65.6 cm³/mol. The molecule has 2 bridgehead atoms. The number of ether oxygens (including phenoxy) is 1. The summed E-state index contributed by atoms with van der Waals surface area (Å²) in [7, 11) is 1.72. The monoisotopic (exact) mass is 251 g/mol. The molecule has 3 rings (SSSR count). The standard InChI is InChI=1S/C14H21NO3/c1-3-18-10(16)7-15(2)14(17)13-11-8-4-5-9(6-8)12(11)13/h8-9,11-13H,3-7H2,1-2H3. The lowest BCUT2D eigenvalue weighted by Crippen LogP contribution is -2.35. The van der Waals surface area contributed by atoms with Crippen molar-refractivity contribution >= 4 is 11.9 Å². The van der Waals surface area contributed by atoms with Gasteiger partial charge in [0.15, 0.2) is 0 Å². The minimum absolute atomic E-state index is 0.0952. The van der Waals surface area contributed by atoms with Crippen LogP contribution < -0.4 is 0 Å². The maximum atomic E-state index is 12.3. The van der Waals surface area contributed by atoms with Crippen LogP contribution in [0.5, 0.6) is 0 Å². The third kappa shape index (κ3) is 1.73. The van der Waals surface area contributed by atoms with Gasteiger partial charge in [0.05, 0.1) is 6.61 Å². The van der Waals surface area contributed by atoms with Gasteiger partial charge in [-0.25, -0.2) is 0 Å². The molecule has 100 valence electrons. The fourth-order valence-electron chi connectivity index (χ4n) is 4.39. The zero-order valence-electron chi connectivity index (χ0n) is 11.1. The van der Waals surface area contributed by atoms with Crippen molar-refractivity contribution in [2.24, 2.45) is 29.6 Å². The molecule has 4 nitrogen and oxygen atoms in total. The van der Waals surface area contributed by atoms with Gasteiger partial charge in [-0.2, -0.15) is 0 Å². The second kappa shape index (κ2) is 4.25. The summed E-state index contributed by atoms with van der Waals surface area (Å²) in [4.78, 5) is 25.2. The van der Waals surface area contributed by atoms with E-state index in [0.29, 0.717) is 18.4 Å². The Hall–Kier alpha value is -1.06. The first-order chi connectivity index (χ1) is 8.63. The van der Waals surface area contributed by atoms with Crippen LogP contribution in [0.2, 0.25) is 0 Å². The first-order valence-electron chi connectivity index (χ1n) is 7.04. The molecule has 0 aromatic rings. The van der Waals surface area contributed by atoms with Crippen LogP contribution in [0.1, 0.15) is 26.2 Å². The van der Waals surface area contributed by atoms with Crippen LogP contribution in [0.25, 0.3) is 0 Å². The van der Waals surface area contributed by atoms with Gasteiger partial charge >= 0.3 is 5.97 Å². The van der Waals surface area contributed by atoms with Crippen LogP contribution in [0, 0.1) is 29.6 Å². The molecule has 0 spiro atoms. The van der Waals surface area contributed by atoms with Gasteiger partial charge in [0.2, 0.25) is 5.91 Å². The van der Waals surface area contributed by atoms with Crippen LogP contribution >= 0.6 is 0 Å². The summed E-state index contributed by atoms with van der Waals surface area (Å²) in [5.41, 5.74) is 0. The van der Waals surface area contributed by atoms with E-state index in [9.17, 15) is 9.59 Å². The molecule has 3 aliphatic rings. The van der Waals surface area contributed by atoms with Crippen LogP contribution in [-0.4, -0.2) is 37.0 Å². The SMILES string of the molecule is CCOC(=O)CN(C)C(=O)C1C2C3CCC(C3)C12. The smallest absolute Gasteiger partial charge is 0.325 e. The van der Waals surface area contributed by atoms with Crippen LogP contribution in [0.3, 0.4) is 0 Å². The number of likely N-dealkylation sites (N-methyl/N-ethyl adjacent to an activating group) is 1. The van der Waals surface area contributed by atoms with E-state index in [4.69, 9.17) is 4.74 Å². The van der Waals surface area contributed by atoms with E-state index in [-0.39, 0.29) is 24.3 Å². The minimum Gasteiger partial charge on any atom is -0.465 e. The molecule has 0 heterocycles. The molecule has 0 N–H and O–H groups in total. The van der Waals surface area contributed by atoms with Crippen LogP contribution in [0.4, 0.5) is 0 Å². The van der Waals surface area contributed by atoms with Gasteiger partial charge < -0.3 is 9.64 Å². The van der Waals surface area contributed by atoms with Gasteiger partial charge in [-0.3, -0.25) is 9.59 Å². The van der Waals surface area contributed by atoms with Gasteiger partial charge in [-0.05, 0) is 49.9 Å². The van der Waals surface area contributed by atoms with Gasteiger partial charge in [0.1, 0.15) is 6.54 Å². The number of nitrogens with zero attached hydrogens (tertiary/aromatic N) is 1. The average molecular weight is 251 g/mol. The molecule has 0 aromatic carbocycles. The van der Waals surface area contributed by atoms with Crippen molar-refractivity contribution < 1.29 is 14.3 Å². The minimum atomic E-state index is -0.304. The second-order valence-electron chi connectivity index (χ2n) is 6.01. The number of hydrogen-bond donors (Lipinski definition) is 0. The molecule has 4 unspecified atom stereocenters. The molecular formula is C14H21NO3. The Morgan fingerprint density at radius 3 is 2.39 bits per heavy atom. The van der Waals surface area contributed by atoms with Gasteiger partial charge in [0.25, 0.3) is 0 Å². The molecule has 18 heavy (non-hydrogen) atoms. The summed E-state index contributed by atoms with van der Waals surface area (Å²) in [5, 5.41) is 0. The summed E-state index contributed by atoms with van der Waals surface area (Å²) < 4.78 is 4.88. The van der Waals surface area contributed by atoms with Crippen molar-refractivity contribution in [3.8, 4) is 0 Å². The molecule has 1 amide bonds. The lowest BCUT2D eigenvalue weighted by atomic mass is 10.0. The summed E-state index contributed by atoms with van der Waals surface area (Å²) in [6.45, 7) is 2.25. The molecule has 0 aliphatic heterocycles. The molecule has 0 aromatic heterocycles. The molecule has 3 aliphatic carbocycles. The van der Waals surface area contributed by atoms with Gasteiger partial charge in [-0.15, -0.1) is 0 Å². The fourth-order valence-corrected chi connectivity index (χ4v) is 4.39. The van der Waals surface area contributed by atoms with E-state index >= 15 is 0 Å². The lowest BCUT2D eigenvalue weighted by Gasteiger charge is -2.18. The highest BCUT2D eigenvalue weighted by Gasteiger charge is 2.67. The molecule has 3 saturated carbocycles. The fraction of sp³-hybridized carbons (Fsp3) is 0.857. The first kappa shape index (κ1) is 12.0. The Bertz CT molecular complexity index is 365. The van der Waals surface area contributed by atoms with E-state index in [2.05, 4.69) is 0 Å². The Morgan fingerprint density at radius 1 is 1.22 bits per heavy atom. The number of carbonyl (C=O) groups is 2. The van der Waals surface area contributed by atoms with Gasteiger partial charge in [-0.1, -0.05) is 0 Å². The number of esters is 1. The summed E-state index contributed by atoms with van der Waals surface area (Å²) in [5.74, 6) is 2.95. The molecular weight excluding hydrogens is 230 g/mol. The van der Waals surface area contributed by atoms with Gasteiger partial charge in [0, 0.05) is 13.0 Å². The highest BCUT2D eigenvalue weighted by Crippen LogP contribution is 2.69. The largest absolute Gasteiger partial charge is 0.465 e. The maximum Gasteiger partial charge on any atom is 0.325 e. The van der Waals surface area contributed by atoms with Crippen LogP contribution in [-0.2, 0) is 14.3 Å². The van der Waals surface area contributed by atoms with Crippen molar-refractivity contribution in [1.29, 1.82) is 0 Å². The van der Waals surface area contributed by atoms with Crippen molar-refractivity contribution in [2.45, 2.75) is 26.2 Å². The van der Waals surface area contributed by atoms with E-state index in [1.165, 1.54) is 19.3 Å². The zero-order chi connectivity index (χ0) is 12.9. The number of rotatable bonds is 4. The quantitative estimate of drug-likeness (QED) is 0.708. The number of carbonyl (C=O) groups excluding carboxylic acids is 2. The maximum absolute atomic E-state index is 12.3. The summed E-state index contributed by atoms with van der Waals surface area (Å²) in [6.07, 6.45) is 3.98. The van der Waals surface area contributed by atoms with Crippen molar-refractivity contribution in [2.75, 3.05) is 20.2 Å². The van der Waals surface area contributed by atoms with Crippen molar-refractivity contribution in [3.63, 3.8) is 0 Å². The molecule has 0 saturated heterocycles. The number of hydrogen-bond acceptors (Lipinski definition) is 3. The summed E-state index contributed by atoms with van der Waals surface area (Å²) >= 11 is 0. The second-order valence-corrected chi connectivity index (χ2v) is 6.01.